The standard InChI is InChI=1S/C19H16ClN3O2S/c20-14-6-8-15(9-7-14)23-17(12-13-4-2-1-3-5-13)21-22-19(23)26-16-10-11-25-18(16)24/h1-9,16H,10-12H2/t16-/m1/s1. The molecule has 1 aliphatic rings. The van der Waals surface area contributed by atoms with Gasteiger partial charge in [0.1, 0.15) is 11.1 Å². The predicted octanol–water partition coefficient (Wildman–Crippen LogP) is 3.92. The molecule has 0 aliphatic carbocycles. The Labute approximate surface area is 160 Å². The Morgan fingerprint density at radius 1 is 1.12 bits per heavy atom. The van der Waals surface area contributed by atoms with Crippen molar-refractivity contribution >= 4 is 29.3 Å². The van der Waals surface area contributed by atoms with Crippen LogP contribution in [-0.2, 0) is 16.0 Å². The molecule has 1 aromatic heterocycles. The van der Waals surface area contributed by atoms with Crippen LogP contribution in [0.3, 0.4) is 0 Å². The van der Waals surface area contributed by atoms with Crippen LogP contribution in [0.1, 0.15) is 17.8 Å². The molecule has 5 nitrogen and oxygen atoms in total. The average Bonchev–Trinajstić information content (AvgIpc) is 3.24. The van der Waals surface area contributed by atoms with Crippen LogP contribution >= 0.6 is 23.4 Å². The first-order chi connectivity index (χ1) is 12.7. The van der Waals surface area contributed by atoms with Gasteiger partial charge in [-0.05, 0) is 29.8 Å². The normalized spacial score (nSPS) is 16.7. The Hall–Kier alpha value is -2.31. The van der Waals surface area contributed by atoms with Gasteiger partial charge in [0, 0.05) is 23.6 Å². The molecule has 1 aliphatic heterocycles. The monoisotopic (exact) mass is 385 g/mol. The molecule has 2 aromatic carbocycles. The number of nitrogens with zero attached hydrogens (tertiary/aromatic N) is 3. The summed E-state index contributed by atoms with van der Waals surface area (Å²) in [5.74, 6) is 0.623. The van der Waals surface area contributed by atoms with Crippen LogP contribution in [0, 0.1) is 0 Å². The maximum atomic E-state index is 11.9. The van der Waals surface area contributed by atoms with E-state index in [1.165, 1.54) is 11.8 Å². The van der Waals surface area contributed by atoms with Crippen LogP contribution in [0.2, 0.25) is 5.02 Å². The minimum atomic E-state index is -0.241. The molecule has 0 radical (unpaired) electrons. The molecule has 7 heteroatoms. The van der Waals surface area contributed by atoms with Crippen molar-refractivity contribution in [3.05, 3.63) is 71.0 Å². The van der Waals surface area contributed by atoms with E-state index in [4.69, 9.17) is 16.3 Å². The number of halogens is 1. The highest BCUT2D eigenvalue weighted by Gasteiger charge is 2.30. The summed E-state index contributed by atoms with van der Waals surface area (Å²) in [6, 6.07) is 17.6. The number of ether oxygens (including phenoxy) is 1. The summed E-state index contributed by atoms with van der Waals surface area (Å²) in [5.41, 5.74) is 2.06. The van der Waals surface area contributed by atoms with Crippen molar-refractivity contribution in [3.8, 4) is 5.69 Å². The maximum absolute atomic E-state index is 11.9. The van der Waals surface area contributed by atoms with Gasteiger partial charge in [0.25, 0.3) is 0 Å². The van der Waals surface area contributed by atoms with Gasteiger partial charge in [-0.15, -0.1) is 10.2 Å². The molecule has 26 heavy (non-hydrogen) atoms. The molecule has 132 valence electrons. The lowest BCUT2D eigenvalue weighted by atomic mass is 10.1. The van der Waals surface area contributed by atoms with E-state index in [2.05, 4.69) is 22.3 Å². The van der Waals surface area contributed by atoms with Crippen LogP contribution in [0.4, 0.5) is 0 Å². The van der Waals surface area contributed by atoms with E-state index in [9.17, 15) is 4.79 Å². The number of esters is 1. The number of carbonyl (C=O) groups excluding carboxylic acids is 1. The zero-order valence-corrected chi connectivity index (χ0v) is 15.4. The lowest BCUT2D eigenvalue weighted by molar-refractivity contribution is -0.137. The zero-order chi connectivity index (χ0) is 17.9. The lowest BCUT2D eigenvalue weighted by Crippen LogP contribution is -2.11. The second-order valence-corrected chi connectivity index (χ2v) is 7.54. The fraction of sp³-hybridized carbons (Fsp3) is 0.211. The smallest absolute Gasteiger partial charge is 0.319 e. The van der Waals surface area contributed by atoms with Gasteiger partial charge in [-0.25, -0.2) is 0 Å². The Bertz CT molecular complexity index is 912. The van der Waals surface area contributed by atoms with E-state index in [1.807, 2.05) is 47.0 Å². The number of rotatable bonds is 5. The fourth-order valence-corrected chi connectivity index (χ4v) is 3.99. The molecule has 1 atom stereocenters. The van der Waals surface area contributed by atoms with Gasteiger partial charge < -0.3 is 4.74 Å². The van der Waals surface area contributed by atoms with E-state index in [-0.39, 0.29) is 11.2 Å². The van der Waals surface area contributed by atoms with Crippen molar-refractivity contribution < 1.29 is 9.53 Å². The Morgan fingerprint density at radius 3 is 2.58 bits per heavy atom. The molecule has 0 N–H and O–H groups in total. The van der Waals surface area contributed by atoms with Crippen LogP contribution in [0.15, 0.2) is 59.8 Å². The van der Waals surface area contributed by atoms with Crippen molar-refractivity contribution in [1.82, 2.24) is 14.8 Å². The minimum absolute atomic E-state index is 0.190. The first-order valence-corrected chi connectivity index (χ1v) is 9.54. The third-order valence-corrected chi connectivity index (χ3v) is 5.56. The Morgan fingerprint density at radius 2 is 1.88 bits per heavy atom. The van der Waals surface area contributed by atoms with Gasteiger partial charge >= 0.3 is 5.97 Å². The second kappa shape index (κ2) is 7.51. The van der Waals surface area contributed by atoms with Crippen molar-refractivity contribution in [3.63, 3.8) is 0 Å². The predicted molar refractivity (Wildman–Crippen MR) is 101 cm³/mol. The third-order valence-electron chi connectivity index (χ3n) is 4.13. The first-order valence-electron chi connectivity index (χ1n) is 8.28. The molecule has 0 amide bonds. The molecule has 1 saturated heterocycles. The molecule has 0 saturated carbocycles. The van der Waals surface area contributed by atoms with Crippen molar-refractivity contribution in [2.24, 2.45) is 0 Å². The SMILES string of the molecule is O=C1OCC[C@H]1Sc1nnc(Cc2ccccc2)n1-c1ccc(Cl)cc1. The van der Waals surface area contributed by atoms with Gasteiger partial charge in [-0.1, -0.05) is 53.7 Å². The number of hydrogen-bond acceptors (Lipinski definition) is 5. The maximum Gasteiger partial charge on any atom is 0.319 e. The summed E-state index contributed by atoms with van der Waals surface area (Å²) in [4.78, 5) is 11.9. The summed E-state index contributed by atoms with van der Waals surface area (Å²) in [6.07, 6.45) is 1.33. The highest BCUT2D eigenvalue weighted by Crippen LogP contribution is 2.31. The van der Waals surface area contributed by atoms with Gasteiger partial charge in [-0.2, -0.15) is 0 Å². The second-order valence-electron chi connectivity index (χ2n) is 5.94. The summed E-state index contributed by atoms with van der Waals surface area (Å²) in [5, 5.41) is 9.84. The number of benzene rings is 2. The molecule has 4 rings (SSSR count). The molecule has 1 fully saturated rings. The fourth-order valence-electron chi connectivity index (χ4n) is 2.83. The molecule has 0 unspecified atom stereocenters. The number of hydrogen-bond donors (Lipinski definition) is 0. The third kappa shape index (κ3) is 3.61. The molecular weight excluding hydrogens is 370 g/mol. The lowest BCUT2D eigenvalue weighted by Gasteiger charge is -2.11. The molecule has 0 bridgehead atoms. The highest BCUT2D eigenvalue weighted by molar-refractivity contribution is 8.00. The molecule has 0 spiro atoms. The molecule has 3 aromatic rings. The van der Waals surface area contributed by atoms with E-state index in [0.717, 1.165) is 17.1 Å². The van der Waals surface area contributed by atoms with Gasteiger partial charge in [0.05, 0.1) is 6.61 Å². The summed E-state index contributed by atoms with van der Waals surface area (Å²) < 4.78 is 7.05. The summed E-state index contributed by atoms with van der Waals surface area (Å²) >= 11 is 7.43. The minimum Gasteiger partial charge on any atom is -0.465 e. The van der Waals surface area contributed by atoms with Crippen molar-refractivity contribution in [2.75, 3.05) is 6.61 Å². The van der Waals surface area contributed by atoms with Crippen molar-refractivity contribution in [1.29, 1.82) is 0 Å². The average molecular weight is 386 g/mol. The first kappa shape index (κ1) is 17.1. The van der Waals surface area contributed by atoms with Crippen LogP contribution in [0.25, 0.3) is 5.69 Å². The van der Waals surface area contributed by atoms with Gasteiger partial charge in [0.2, 0.25) is 0 Å². The van der Waals surface area contributed by atoms with Crippen molar-refractivity contribution in [2.45, 2.75) is 23.2 Å². The number of thioether (sulfide) groups is 1. The summed E-state index contributed by atoms with van der Waals surface area (Å²) in [6.45, 7) is 0.461. The van der Waals surface area contributed by atoms with E-state index in [1.54, 1.807) is 0 Å². The molecule has 2 heterocycles. The zero-order valence-electron chi connectivity index (χ0n) is 13.8. The Kier molecular flexibility index (Phi) is 4.95. The van der Waals surface area contributed by atoms with E-state index < -0.39 is 0 Å². The Balaban J connectivity index is 1.71. The summed E-state index contributed by atoms with van der Waals surface area (Å²) in [7, 11) is 0. The van der Waals surface area contributed by atoms with Gasteiger partial charge in [0.15, 0.2) is 5.16 Å². The van der Waals surface area contributed by atoms with E-state index >= 15 is 0 Å². The largest absolute Gasteiger partial charge is 0.465 e. The van der Waals surface area contributed by atoms with Crippen LogP contribution < -0.4 is 0 Å². The van der Waals surface area contributed by atoms with Crippen LogP contribution in [-0.4, -0.2) is 32.6 Å². The van der Waals surface area contributed by atoms with Crippen LogP contribution in [0.5, 0.6) is 0 Å². The number of cyclic esters (lactones) is 1. The quantitative estimate of drug-likeness (QED) is 0.623. The topological polar surface area (TPSA) is 57.0 Å². The number of aromatic nitrogens is 3. The highest BCUT2D eigenvalue weighted by atomic mass is 35.5. The number of carbonyl (C=O) groups is 1. The van der Waals surface area contributed by atoms with Gasteiger partial charge in [-0.3, -0.25) is 9.36 Å². The van der Waals surface area contributed by atoms with E-state index in [0.29, 0.717) is 29.6 Å². The molecular formula is C19H16ClN3O2S.